The van der Waals surface area contributed by atoms with Crippen LogP contribution in [0.25, 0.3) is 0 Å². The van der Waals surface area contributed by atoms with Crippen LogP contribution < -0.4 is 5.32 Å². The molecule has 1 saturated heterocycles. The molecule has 1 aliphatic rings. The molecule has 3 unspecified atom stereocenters. The summed E-state index contributed by atoms with van der Waals surface area (Å²) in [7, 11) is 0. The summed E-state index contributed by atoms with van der Waals surface area (Å²) in [5.74, 6) is 0.0701. The zero-order valence-electron chi connectivity index (χ0n) is 13.9. The van der Waals surface area contributed by atoms with Gasteiger partial charge < -0.3 is 10.4 Å². The number of likely N-dealkylation sites (tertiary alicyclic amines) is 1. The van der Waals surface area contributed by atoms with E-state index in [0.29, 0.717) is 12.6 Å². The van der Waals surface area contributed by atoms with Gasteiger partial charge in [-0.1, -0.05) is 24.3 Å². The van der Waals surface area contributed by atoms with Crippen molar-refractivity contribution in [1.29, 1.82) is 0 Å². The summed E-state index contributed by atoms with van der Waals surface area (Å²) in [4.78, 5) is 14.7. The van der Waals surface area contributed by atoms with Gasteiger partial charge in [-0.3, -0.25) is 9.69 Å². The van der Waals surface area contributed by atoms with Gasteiger partial charge in [-0.2, -0.15) is 0 Å². The first-order valence-electron chi connectivity index (χ1n) is 8.25. The van der Waals surface area contributed by atoms with Crippen molar-refractivity contribution in [2.75, 3.05) is 6.54 Å². The smallest absolute Gasteiger partial charge is 0.237 e. The Hall–Kier alpha value is -1.39. The number of carbonyl (C=O) groups excluding carboxylic acids is 1. The minimum absolute atomic E-state index is 0.0701. The van der Waals surface area contributed by atoms with Gasteiger partial charge in [0, 0.05) is 12.6 Å². The molecule has 1 heterocycles. The minimum atomic E-state index is -0.312. The largest absolute Gasteiger partial charge is 0.393 e. The molecule has 1 amide bonds. The Morgan fingerprint density at radius 3 is 2.82 bits per heavy atom. The molecule has 4 heteroatoms. The average Bonchev–Trinajstić information content (AvgIpc) is 2.92. The summed E-state index contributed by atoms with van der Waals surface area (Å²) in [6, 6.07) is 8.29. The number of benzene rings is 1. The van der Waals surface area contributed by atoms with Gasteiger partial charge in [0.05, 0.1) is 12.1 Å². The fourth-order valence-electron chi connectivity index (χ4n) is 3.30. The van der Waals surface area contributed by atoms with Crippen LogP contribution in [-0.2, 0) is 11.3 Å². The number of hydrogen-bond acceptors (Lipinski definition) is 3. The maximum Gasteiger partial charge on any atom is 0.237 e. The normalized spacial score (nSPS) is 21.5. The fraction of sp³-hybridized carbons (Fsp3) is 0.611. The maximum absolute atomic E-state index is 12.4. The van der Waals surface area contributed by atoms with Gasteiger partial charge in [0.2, 0.25) is 5.91 Å². The molecule has 0 radical (unpaired) electrons. The lowest BCUT2D eigenvalue weighted by Gasteiger charge is -2.30. The number of aliphatic hydroxyl groups excluding tert-OH is 1. The third-order valence-corrected chi connectivity index (χ3v) is 4.63. The molecule has 0 saturated carbocycles. The van der Waals surface area contributed by atoms with E-state index in [9.17, 15) is 9.90 Å². The van der Waals surface area contributed by atoms with E-state index in [1.165, 1.54) is 5.56 Å². The number of nitrogens with zero attached hydrogens (tertiary/aromatic N) is 1. The van der Waals surface area contributed by atoms with Crippen LogP contribution in [0.5, 0.6) is 0 Å². The summed E-state index contributed by atoms with van der Waals surface area (Å²) >= 11 is 0. The highest BCUT2D eigenvalue weighted by Gasteiger charge is 2.32. The van der Waals surface area contributed by atoms with Crippen LogP contribution in [0.15, 0.2) is 24.3 Å². The molecule has 22 heavy (non-hydrogen) atoms. The first-order chi connectivity index (χ1) is 10.5. The zero-order valence-corrected chi connectivity index (χ0v) is 13.9. The molecule has 0 bridgehead atoms. The van der Waals surface area contributed by atoms with Crippen LogP contribution in [0.1, 0.15) is 44.2 Å². The van der Waals surface area contributed by atoms with Crippen LogP contribution in [0.4, 0.5) is 0 Å². The summed E-state index contributed by atoms with van der Waals surface area (Å²) < 4.78 is 0. The molecule has 0 aromatic heterocycles. The second-order valence-corrected chi connectivity index (χ2v) is 6.44. The van der Waals surface area contributed by atoms with E-state index in [-0.39, 0.29) is 18.1 Å². The molecule has 1 aliphatic heterocycles. The Balaban J connectivity index is 1.90. The molecule has 3 atom stereocenters. The molecular formula is C18H28N2O2. The summed E-state index contributed by atoms with van der Waals surface area (Å²) in [6.07, 6.45) is 2.61. The van der Waals surface area contributed by atoms with Gasteiger partial charge in [0.15, 0.2) is 0 Å². The van der Waals surface area contributed by atoms with E-state index in [4.69, 9.17) is 0 Å². The highest BCUT2D eigenvalue weighted by molar-refractivity contribution is 5.81. The first kappa shape index (κ1) is 17.0. The number of aliphatic hydroxyl groups is 1. The molecule has 1 fully saturated rings. The number of hydrogen-bond donors (Lipinski definition) is 2. The van der Waals surface area contributed by atoms with E-state index >= 15 is 0 Å². The van der Waals surface area contributed by atoms with Crippen LogP contribution in [0, 0.1) is 6.92 Å². The molecule has 0 spiro atoms. The highest BCUT2D eigenvalue weighted by Crippen LogP contribution is 2.24. The van der Waals surface area contributed by atoms with E-state index in [1.807, 2.05) is 32.0 Å². The van der Waals surface area contributed by atoms with E-state index in [1.54, 1.807) is 0 Å². The van der Waals surface area contributed by atoms with E-state index < -0.39 is 0 Å². The lowest BCUT2D eigenvalue weighted by molar-refractivity contribution is -0.126. The SMILES string of the molecule is Cc1ccccc1CNC(=O)C(C)N1CCCC1CC(C)O. The maximum atomic E-state index is 12.4. The standard InChI is InChI=1S/C18H28N2O2/c1-13-7-4-5-8-16(13)12-19-18(22)15(3)20-10-6-9-17(20)11-14(2)21/h4-5,7-8,14-15,17,21H,6,9-12H2,1-3H3,(H,19,22). The Kier molecular flexibility index (Phi) is 5.98. The van der Waals surface area contributed by atoms with Crippen molar-refractivity contribution in [3.8, 4) is 0 Å². The quantitative estimate of drug-likeness (QED) is 0.847. The number of aryl methyl sites for hydroxylation is 1. The van der Waals surface area contributed by atoms with Gasteiger partial charge in [-0.05, 0) is 57.7 Å². The van der Waals surface area contributed by atoms with Crippen LogP contribution >= 0.6 is 0 Å². The van der Waals surface area contributed by atoms with Crippen molar-refractivity contribution < 1.29 is 9.90 Å². The molecule has 122 valence electrons. The highest BCUT2D eigenvalue weighted by atomic mass is 16.3. The molecular weight excluding hydrogens is 276 g/mol. The monoisotopic (exact) mass is 304 g/mol. The molecule has 0 aliphatic carbocycles. The lowest BCUT2D eigenvalue weighted by Crippen LogP contribution is -2.47. The third-order valence-electron chi connectivity index (χ3n) is 4.63. The molecule has 1 aromatic rings. The fourth-order valence-corrected chi connectivity index (χ4v) is 3.30. The Bertz CT molecular complexity index is 502. The summed E-state index contributed by atoms with van der Waals surface area (Å²) in [6.45, 7) is 7.36. The van der Waals surface area contributed by atoms with Gasteiger partial charge in [0.1, 0.15) is 0 Å². The molecule has 2 N–H and O–H groups in total. The predicted octanol–water partition coefficient (Wildman–Crippen LogP) is 2.24. The van der Waals surface area contributed by atoms with Crippen molar-refractivity contribution >= 4 is 5.91 Å². The van der Waals surface area contributed by atoms with Crippen LogP contribution in [0.3, 0.4) is 0 Å². The number of nitrogens with one attached hydrogen (secondary N) is 1. The van der Waals surface area contributed by atoms with Crippen molar-refractivity contribution in [2.24, 2.45) is 0 Å². The van der Waals surface area contributed by atoms with Crippen molar-refractivity contribution in [1.82, 2.24) is 10.2 Å². The topological polar surface area (TPSA) is 52.6 Å². The van der Waals surface area contributed by atoms with Gasteiger partial charge in [-0.25, -0.2) is 0 Å². The summed E-state index contributed by atoms with van der Waals surface area (Å²) in [5, 5.41) is 12.7. The third kappa shape index (κ3) is 4.31. The second kappa shape index (κ2) is 7.75. The van der Waals surface area contributed by atoms with E-state index in [2.05, 4.69) is 23.2 Å². The first-order valence-corrected chi connectivity index (χ1v) is 8.25. The Morgan fingerprint density at radius 2 is 2.14 bits per heavy atom. The summed E-state index contributed by atoms with van der Waals surface area (Å²) in [5.41, 5.74) is 2.36. The molecule has 2 rings (SSSR count). The minimum Gasteiger partial charge on any atom is -0.393 e. The number of amides is 1. The Morgan fingerprint density at radius 1 is 1.41 bits per heavy atom. The van der Waals surface area contributed by atoms with Crippen molar-refractivity contribution in [3.05, 3.63) is 35.4 Å². The van der Waals surface area contributed by atoms with E-state index in [0.717, 1.165) is 31.4 Å². The van der Waals surface area contributed by atoms with Crippen LogP contribution in [0.2, 0.25) is 0 Å². The Labute approximate surface area is 133 Å². The van der Waals surface area contributed by atoms with Gasteiger partial charge in [0.25, 0.3) is 0 Å². The van der Waals surface area contributed by atoms with Gasteiger partial charge >= 0.3 is 0 Å². The predicted molar refractivity (Wildman–Crippen MR) is 88.5 cm³/mol. The molecule has 1 aromatic carbocycles. The van der Waals surface area contributed by atoms with Crippen LogP contribution in [-0.4, -0.2) is 40.6 Å². The van der Waals surface area contributed by atoms with Crippen molar-refractivity contribution in [2.45, 2.75) is 64.8 Å². The second-order valence-electron chi connectivity index (χ2n) is 6.44. The van der Waals surface area contributed by atoms with Gasteiger partial charge in [-0.15, -0.1) is 0 Å². The number of carbonyl (C=O) groups is 1. The lowest BCUT2D eigenvalue weighted by atomic mass is 10.1. The zero-order chi connectivity index (χ0) is 16.1. The average molecular weight is 304 g/mol. The molecule has 4 nitrogen and oxygen atoms in total. The van der Waals surface area contributed by atoms with Crippen molar-refractivity contribution in [3.63, 3.8) is 0 Å². The number of rotatable bonds is 6.